The van der Waals surface area contributed by atoms with Gasteiger partial charge in [-0.3, -0.25) is 4.79 Å². The number of aryl methyl sites for hydroxylation is 1. The maximum absolute atomic E-state index is 11.5. The van der Waals surface area contributed by atoms with Crippen molar-refractivity contribution in [3.8, 4) is 5.75 Å². The zero-order valence-corrected chi connectivity index (χ0v) is 12.7. The van der Waals surface area contributed by atoms with Crippen molar-refractivity contribution < 1.29 is 24.5 Å². The van der Waals surface area contributed by atoms with Crippen LogP contribution in [0.5, 0.6) is 5.75 Å². The molecule has 0 aromatic heterocycles. The van der Waals surface area contributed by atoms with Gasteiger partial charge in [-0.15, -0.1) is 0 Å². The fourth-order valence-electron chi connectivity index (χ4n) is 1.26. The minimum atomic E-state index is -2.00. The molecular weight excluding hydrogens is 330 g/mol. The molecule has 6 nitrogen and oxygen atoms in total. The fraction of sp³-hybridized carbons (Fsp3) is 0.385. The molecule has 20 heavy (non-hydrogen) atoms. The van der Waals surface area contributed by atoms with Crippen molar-refractivity contribution in [3.63, 3.8) is 0 Å². The van der Waals surface area contributed by atoms with E-state index >= 15 is 0 Å². The molecule has 1 amide bonds. The summed E-state index contributed by atoms with van der Waals surface area (Å²) in [7, 11) is 0. The van der Waals surface area contributed by atoms with Gasteiger partial charge in [0.15, 0.2) is 12.2 Å². The molecule has 1 atom stereocenters. The van der Waals surface area contributed by atoms with Crippen LogP contribution in [0.2, 0.25) is 0 Å². The first-order valence-corrected chi connectivity index (χ1v) is 6.63. The van der Waals surface area contributed by atoms with Gasteiger partial charge in [0.1, 0.15) is 5.75 Å². The van der Waals surface area contributed by atoms with Crippen LogP contribution in [0.4, 0.5) is 0 Å². The number of amides is 1. The zero-order valence-electron chi connectivity index (χ0n) is 11.1. The van der Waals surface area contributed by atoms with Crippen LogP contribution in [0.3, 0.4) is 0 Å². The van der Waals surface area contributed by atoms with E-state index in [1.54, 1.807) is 6.07 Å². The van der Waals surface area contributed by atoms with Crippen molar-refractivity contribution in [2.24, 2.45) is 0 Å². The third-order valence-electron chi connectivity index (χ3n) is 2.54. The molecule has 0 aliphatic rings. The van der Waals surface area contributed by atoms with Gasteiger partial charge < -0.3 is 20.3 Å². The summed E-state index contributed by atoms with van der Waals surface area (Å²) in [6.07, 6.45) is 0. The lowest BCUT2D eigenvalue weighted by Gasteiger charge is -2.18. The third kappa shape index (κ3) is 4.82. The minimum absolute atomic E-state index is 0.267. The molecular formula is C13H16BrNO5. The van der Waals surface area contributed by atoms with Crippen molar-refractivity contribution in [1.82, 2.24) is 5.32 Å². The summed E-state index contributed by atoms with van der Waals surface area (Å²) in [6.45, 7) is 2.37. The van der Waals surface area contributed by atoms with Gasteiger partial charge >= 0.3 is 5.97 Å². The van der Waals surface area contributed by atoms with Crippen LogP contribution in [0.25, 0.3) is 0 Å². The summed E-state index contributed by atoms with van der Waals surface area (Å²) in [4.78, 5) is 22.2. The number of aliphatic carboxylic acids is 1. The number of carbonyl (C=O) groups excluding carboxylic acids is 1. The normalized spacial score (nSPS) is 13.4. The lowest BCUT2D eigenvalue weighted by molar-refractivity contribution is -0.156. The van der Waals surface area contributed by atoms with E-state index in [9.17, 15) is 14.7 Å². The number of aliphatic hydroxyl groups is 1. The number of nitrogens with one attached hydrogen (secondary N) is 1. The highest BCUT2D eigenvalue weighted by Crippen LogP contribution is 2.25. The first-order valence-electron chi connectivity index (χ1n) is 5.84. The standard InChI is InChI=1S/C13H16BrNO5/c1-8-3-4-10(9(14)5-8)20-6-11(16)15-7-13(2,19)12(17)18/h3-5,19H,6-7H2,1-2H3,(H,15,16)(H,17,18). The smallest absolute Gasteiger partial charge is 0.337 e. The van der Waals surface area contributed by atoms with E-state index in [1.165, 1.54) is 0 Å². The molecule has 3 N–H and O–H groups in total. The van der Waals surface area contributed by atoms with Gasteiger partial charge in [-0.1, -0.05) is 6.07 Å². The highest BCUT2D eigenvalue weighted by Gasteiger charge is 2.30. The number of ether oxygens (including phenoxy) is 1. The van der Waals surface area contributed by atoms with E-state index < -0.39 is 17.5 Å². The molecule has 0 bridgehead atoms. The number of carbonyl (C=O) groups is 2. The van der Waals surface area contributed by atoms with E-state index in [-0.39, 0.29) is 13.2 Å². The highest BCUT2D eigenvalue weighted by molar-refractivity contribution is 9.10. The van der Waals surface area contributed by atoms with Crippen molar-refractivity contribution in [2.45, 2.75) is 19.4 Å². The molecule has 7 heteroatoms. The number of carboxylic acids is 1. The van der Waals surface area contributed by atoms with Crippen LogP contribution >= 0.6 is 15.9 Å². The maximum atomic E-state index is 11.5. The number of halogens is 1. The summed E-state index contributed by atoms with van der Waals surface area (Å²) in [5.74, 6) is -1.41. The van der Waals surface area contributed by atoms with Crippen LogP contribution in [-0.4, -0.2) is 40.8 Å². The Labute approximate surface area is 124 Å². The Morgan fingerprint density at radius 3 is 2.65 bits per heavy atom. The van der Waals surface area contributed by atoms with Crippen LogP contribution in [0, 0.1) is 6.92 Å². The van der Waals surface area contributed by atoms with Crippen LogP contribution in [0.15, 0.2) is 22.7 Å². The van der Waals surface area contributed by atoms with Crippen molar-refractivity contribution in [3.05, 3.63) is 28.2 Å². The monoisotopic (exact) mass is 345 g/mol. The number of benzene rings is 1. The Hall–Kier alpha value is -1.60. The predicted molar refractivity (Wildman–Crippen MR) is 75.6 cm³/mol. The second-order valence-corrected chi connectivity index (χ2v) is 5.43. The maximum Gasteiger partial charge on any atom is 0.337 e. The molecule has 1 rings (SSSR count). The largest absolute Gasteiger partial charge is 0.483 e. The van der Waals surface area contributed by atoms with Gasteiger partial charge in [0.2, 0.25) is 0 Å². The minimum Gasteiger partial charge on any atom is -0.483 e. The molecule has 1 aromatic carbocycles. The van der Waals surface area contributed by atoms with Crippen molar-refractivity contribution >= 4 is 27.8 Å². The van der Waals surface area contributed by atoms with Gasteiger partial charge in [-0.05, 0) is 47.5 Å². The molecule has 0 heterocycles. The molecule has 0 radical (unpaired) electrons. The Kier molecular flexibility index (Phi) is 5.52. The fourth-order valence-corrected chi connectivity index (χ4v) is 1.87. The summed E-state index contributed by atoms with van der Waals surface area (Å²) in [6, 6.07) is 5.41. The Morgan fingerprint density at radius 1 is 1.45 bits per heavy atom. The quantitative estimate of drug-likeness (QED) is 0.717. The van der Waals surface area contributed by atoms with Crippen molar-refractivity contribution in [2.75, 3.05) is 13.2 Å². The molecule has 1 aromatic rings. The average molecular weight is 346 g/mol. The van der Waals surface area contributed by atoms with Gasteiger partial charge in [-0.2, -0.15) is 0 Å². The lowest BCUT2D eigenvalue weighted by Crippen LogP contribution is -2.47. The molecule has 1 unspecified atom stereocenters. The van der Waals surface area contributed by atoms with Crippen LogP contribution < -0.4 is 10.1 Å². The van der Waals surface area contributed by atoms with Crippen molar-refractivity contribution in [1.29, 1.82) is 0 Å². The summed E-state index contributed by atoms with van der Waals surface area (Å²) < 4.78 is 6.02. The van der Waals surface area contributed by atoms with E-state index in [0.717, 1.165) is 17.0 Å². The first kappa shape index (κ1) is 16.5. The van der Waals surface area contributed by atoms with E-state index in [4.69, 9.17) is 9.84 Å². The topological polar surface area (TPSA) is 95.9 Å². The van der Waals surface area contributed by atoms with E-state index in [0.29, 0.717) is 5.75 Å². The average Bonchev–Trinajstić information content (AvgIpc) is 2.35. The Balaban J connectivity index is 2.46. The number of carboxylic acid groups (broad SMARTS) is 1. The highest BCUT2D eigenvalue weighted by atomic mass is 79.9. The Bertz CT molecular complexity index is 515. The Morgan fingerprint density at radius 2 is 2.10 bits per heavy atom. The molecule has 0 aliphatic carbocycles. The molecule has 0 fully saturated rings. The summed E-state index contributed by atoms with van der Waals surface area (Å²) in [5, 5.41) is 20.4. The third-order valence-corrected chi connectivity index (χ3v) is 3.16. The molecule has 0 saturated heterocycles. The molecule has 0 aliphatic heterocycles. The number of hydrogen-bond acceptors (Lipinski definition) is 4. The molecule has 0 spiro atoms. The lowest BCUT2D eigenvalue weighted by atomic mass is 10.1. The molecule has 110 valence electrons. The number of hydrogen-bond donors (Lipinski definition) is 3. The van der Waals surface area contributed by atoms with E-state index in [2.05, 4.69) is 21.2 Å². The summed E-state index contributed by atoms with van der Waals surface area (Å²) in [5.41, 5.74) is -0.953. The zero-order chi connectivity index (χ0) is 15.3. The predicted octanol–water partition coefficient (Wildman–Crippen LogP) is 1.09. The first-order chi connectivity index (χ1) is 9.22. The van der Waals surface area contributed by atoms with Gasteiger partial charge in [-0.25, -0.2) is 4.79 Å². The molecule has 0 saturated carbocycles. The van der Waals surface area contributed by atoms with Crippen LogP contribution in [0.1, 0.15) is 12.5 Å². The van der Waals surface area contributed by atoms with Crippen LogP contribution in [-0.2, 0) is 9.59 Å². The van der Waals surface area contributed by atoms with Gasteiger partial charge in [0, 0.05) is 0 Å². The SMILES string of the molecule is Cc1ccc(OCC(=O)NCC(C)(O)C(=O)O)c(Br)c1. The second-order valence-electron chi connectivity index (χ2n) is 4.58. The van der Waals surface area contributed by atoms with Gasteiger partial charge in [0.05, 0.1) is 11.0 Å². The second kappa shape index (κ2) is 6.71. The van der Waals surface area contributed by atoms with Gasteiger partial charge in [0.25, 0.3) is 5.91 Å². The van der Waals surface area contributed by atoms with E-state index in [1.807, 2.05) is 19.1 Å². The number of rotatable bonds is 6. The summed E-state index contributed by atoms with van der Waals surface area (Å²) >= 11 is 3.31.